The van der Waals surface area contributed by atoms with Gasteiger partial charge in [-0.15, -0.1) is 0 Å². The van der Waals surface area contributed by atoms with E-state index in [1.807, 2.05) is 0 Å². The first-order chi connectivity index (χ1) is 11.0. The Hall–Kier alpha value is -2.89. The number of rotatable bonds is 3. The first-order valence-electron chi connectivity index (χ1n) is 7.02. The molecule has 0 saturated heterocycles. The van der Waals surface area contributed by atoms with Crippen LogP contribution in [0.3, 0.4) is 0 Å². The molecule has 1 unspecified atom stereocenters. The molecule has 1 heterocycles. The molecule has 3 rings (SSSR count). The summed E-state index contributed by atoms with van der Waals surface area (Å²) in [6, 6.07) is 8.31. The Kier molecular flexibility index (Phi) is 3.73. The van der Waals surface area contributed by atoms with Crippen LogP contribution in [-0.4, -0.2) is 30.2 Å². The number of phenols is 2. The number of hydrogen-bond acceptors (Lipinski definition) is 6. The maximum atomic E-state index is 12.3. The Morgan fingerprint density at radius 3 is 2.43 bits per heavy atom. The number of ketones is 1. The van der Waals surface area contributed by atoms with Gasteiger partial charge in [0.15, 0.2) is 17.3 Å². The van der Waals surface area contributed by atoms with Crippen LogP contribution in [0.1, 0.15) is 28.4 Å². The molecule has 2 N–H and O–H groups in total. The molecule has 0 spiro atoms. The van der Waals surface area contributed by atoms with E-state index < -0.39 is 6.10 Å². The van der Waals surface area contributed by atoms with Crippen LogP contribution in [0.25, 0.3) is 0 Å². The van der Waals surface area contributed by atoms with Crippen LogP contribution in [0.15, 0.2) is 30.3 Å². The SMILES string of the molecule is COc1ccc(C2CC(=O)c3c(O)cc(OC)c(O)c3O2)cc1. The van der Waals surface area contributed by atoms with Gasteiger partial charge in [-0.1, -0.05) is 12.1 Å². The third kappa shape index (κ3) is 2.52. The van der Waals surface area contributed by atoms with Crippen molar-refractivity contribution in [3.05, 3.63) is 41.5 Å². The van der Waals surface area contributed by atoms with Crippen molar-refractivity contribution in [3.63, 3.8) is 0 Å². The summed E-state index contributed by atoms with van der Waals surface area (Å²) in [6.45, 7) is 0. The van der Waals surface area contributed by atoms with E-state index >= 15 is 0 Å². The van der Waals surface area contributed by atoms with Gasteiger partial charge in [-0.05, 0) is 17.7 Å². The van der Waals surface area contributed by atoms with Gasteiger partial charge in [0.25, 0.3) is 0 Å². The summed E-state index contributed by atoms with van der Waals surface area (Å²) in [5, 5.41) is 20.2. The maximum Gasteiger partial charge on any atom is 0.201 e. The maximum absolute atomic E-state index is 12.3. The minimum absolute atomic E-state index is 0.0203. The molecule has 1 atom stereocenters. The van der Waals surface area contributed by atoms with Crippen LogP contribution in [0, 0.1) is 0 Å². The number of hydrogen-bond donors (Lipinski definition) is 2. The van der Waals surface area contributed by atoms with Crippen molar-refractivity contribution in [2.75, 3.05) is 14.2 Å². The second-order valence-electron chi connectivity index (χ2n) is 5.16. The van der Waals surface area contributed by atoms with Crippen molar-refractivity contribution in [2.24, 2.45) is 0 Å². The minimum Gasteiger partial charge on any atom is -0.507 e. The number of carbonyl (C=O) groups is 1. The number of phenolic OH excluding ortho intramolecular Hbond substituents is 2. The summed E-state index contributed by atoms with van der Waals surface area (Å²) < 4.78 is 15.8. The highest BCUT2D eigenvalue weighted by Crippen LogP contribution is 2.49. The van der Waals surface area contributed by atoms with Crippen LogP contribution < -0.4 is 14.2 Å². The van der Waals surface area contributed by atoms with Crippen LogP contribution in [0.4, 0.5) is 0 Å². The van der Waals surface area contributed by atoms with Gasteiger partial charge in [-0.3, -0.25) is 4.79 Å². The van der Waals surface area contributed by atoms with Gasteiger partial charge in [0.2, 0.25) is 5.75 Å². The standard InChI is InChI=1S/C17H16O6/c1-21-10-5-3-9(4-6-10)13-7-11(18)15-12(19)8-14(22-2)16(20)17(15)23-13/h3-6,8,13,19-20H,7H2,1-2H3. The summed E-state index contributed by atoms with van der Waals surface area (Å²) >= 11 is 0. The van der Waals surface area contributed by atoms with Gasteiger partial charge in [0, 0.05) is 6.07 Å². The molecule has 0 saturated carbocycles. The fraction of sp³-hybridized carbons (Fsp3) is 0.235. The van der Waals surface area contributed by atoms with E-state index in [-0.39, 0.29) is 40.8 Å². The predicted octanol–water partition coefficient (Wildman–Crippen LogP) is 2.82. The third-order valence-corrected chi connectivity index (χ3v) is 3.82. The number of carbonyl (C=O) groups excluding carboxylic acids is 1. The second kappa shape index (κ2) is 5.72. The number of Topliss-reactive ketones (excluding diaryl/α,β-unsaturated/α-hetero) is 1. The molecular formula is C17H16O6. The Bertz CT molecular complexity index is 751. The minimum atomic E-state index is -0.557. The highest BCUT2D eigenvalue weighted by atomic mass is 16.5. The summed E-state index contributed by atoms with van der Waals surface area (Å²) in [6.07, 6.45) is -0.489. The molecule has 0 radical (unpaired) electrons. The summed E-state index contributed by atoms with van der Waals surface area (Å²) in [7, 11) is 2.92. The molecule has 6 nitrogen and oxygen atoms in total. The first kappa shape index (κ1) is 15.0. The summed E-state index contributed by atoms with van der Waals surface area (Å²) in [5.41, 5.74) is 0.750. The van der Waals surface area contributed by atoms with E-state index in [2.05, 4.69) is 0 Å². The molecule has 0 aliphatic carbocycles. The van der Waals surface area contributed by atoms with E-state index in [4.69, 9.17) is 14.2 Å². The van der Waals surface area contributed by atoms with Crippen molar-refractivity contribution >= 4 is 5.78 Å². The predicted molar refractivity (Wildman–Crippen MR) is 81.6 cm³/mol. The fourth-order valence-electron chi connectivity index (χ4n) is 2.61. The van der Waals surface area contributed by atoms with Gasteiger partial charge in [-0.25, -0.2) is 0 Å². The fourth-order valence-corrected chi connectivity index (χ4v) is 2.61. The van der Waals surface area contributed by atoms with Crippen molar-refractivity contribution in [1.29, 1.82) is 0 Å². The molecule has 6 heteroatoms. The number of fused-ring (bicyclic) bond motifs is 1. The average molecular weight is 316 g/mol. The zero-order chi connectivity index (χ0) is 16.6. The zero-order valence-electron chi connectivity index (χ0n) is 12.7. The van der Waals surface area contributed by atoms with Crippen LogP contribution >= 0.6 is 0 Å². The summed E-state index contributed by atoms with van der Waals surface area (Å²) in [5.74, 6) is -0.191. The van der Waals surface area contributed by atoms with Gasteiger partial charge in [-0.2, -0.15) is 0 Å². The average Bonchev–Trinajstić information content (AvgIpc) is 2.57. The lowest BCUT2D eigenvalue weighted by atomic mass is 9.95. The quantitative estimate of drug-likeness (QED) is 0.847. The third-order valence-electron chi connectivity index (χ3n) is 3.82. The number of ether oxygens (including phenoxy) is 3. The molecular weight excluding hydrogens is 300 g/mol. The van der Waals surface area contributed by atoms with E-state index in [1.165, 1.54) is 13.2 Å². The number of methoxy groups -OCH3 is 2. The highest BCUT2D eigenvalue weighted by Gasteiger charge is 2.34. The molecule has 2 aromatic carbocycles. The largest absolute Gasteiger partial charge is 0.507 e. The van der Waals surface area contributed by atoms with E-state index in [1.54, 1.807) is 31.4 Å². The van der Waals surface area contributed by atoms with Gasteiger partial charge >= 0.3 is 0 Å². The van der Waals surface area contributed by atoms with Crippen molar-refractivity contribution in [1.82, 2.24) is 0 Å². The highest BCUT2D eigenvalue weighted by molar-refractivity contribution is 6.03. The van der Waals surface area contributed by atoms with Gasteiger partial charge in [0.05, 0.1) is 20.6 Å². The Labute approximate surface area is 132 Å². The molecule has 0 amide bonds. The van der Waals surface area contributed by atoms with Crippen LogP contribution in [0.2, 0.25) is 0 Å². The normalized spacial score (nSPS) is 16.4. The van der Waals surface area contributed by atoms with E-state index in [9.17, 15) is 15.0 Å². The van der Waals surface area contributed by atoms with Crippen molar-refractivity contribution < 1.29 is 29.2 Å². The van der Waals surface area contributed by atoms with Crippen LogP contribution in [-0.2, 0) is 0 Å². The monoisotopic (exact) mass is 316 g/mol. The Balaban J connectivity index is 2.02. The lowest BCUT2D eigenvalue weighted by molar-refractivity contribution is 0.0836. The number of aromatic hydroxyl groups is 2. The first-order valence-corrected chi connectivity index (χ1v) is 7.02. The summed E-state index contributed by atoms with van der Waals surface area (Å²) in [4.78, 5) is 12.3. The Morgan fingerprint density at radius 1 is 1.13 bits per heavy atom. The van der Waals surface area contributed by atoms with Gasteiger partial charge < -0.3 is 24.4 Å². The lowest BCUT2D eigenvalue weighted by Crippen LogP contribution is -2.20. The molecule has 120 valence electrons. The molecule has 1 aliphatic heterocycles. The van der Waals surface area contributed by atoms with Crippen molar-refractivity contribution in [3.8, 4) is 28.7 Å². The zero-order valence-corrected chi connectivity index (χ0v) is 12.7. The topological polar surface area (TPSA) is 85.2 Å². The molecule has 0 fully saturated rings. The second-order valence-corrected chi connectivity index (χ2v) is 5.16. The molecule has 23 heavy (non-hydrogen) atoms. The molecule has 0 bridgehead atoms. The van der Waals surface area contributed by atoms with Crippen molar-refractivity contribution in [2.45, 2.75) is 12.5 Å². The molecule has 0 aromatic heterocycles. The number of benzene rings is 2. The van der Waals surface area contributed by atoms with Gasteiger partial charge in [0.1, 0.15) is 23.2 Å². The smallest absolute Gasteiger partial charge is 0.201 e. The Morgan fingerprint density at radius 2 is 1.83 bits per heavy atom. The molecule has 2 aromatic rings. The van der Waals surface area contributed by atoms with Crippen LogP contribution in [0.5, 0.6) is 28.7 Å². The lowest BCUT2D eigenvalue weighted by Gasteiger charge is -2.27. The molecule has 1 aliphatic rings. The van der Waals surface area contributed by atoms with E-state index in [0.717, 1.165) is 5.56 Å². The van der Waals surface area contributed by atoms with E-state index in [0.29, 0.717) is 5.75 Å².